The molecule has 0 aliphatic carbocycles. The number of allylic oxidation sites excluding steroid dienone is 1. The maximum absolute atomic E-state index is 11.3. The Labute approximate surface area is 173 Å². The van der Waals surface area contributed by atoms with Gasteiger partial charge < -0.3 is 5.11 Å². The molecule has 2 fully saturated rings. The third-order valence-electron chi connectivity index (χ3n) is 7.00. The van der Waals surface area contributed by atoms with Gasteiger partial charge in [0, 0.05) is 18.6 Å². The first kappa shape index (κ1) is 21.6. The molecular weight excluding hydrogens is 342 g/mol. The zero-order valence-corrected chi connectivity index (χ0v) is 17.8. The van der Waals surface area contributed by atoms with E-state index in [2.05, 4.69) is 41.8 Å². The van der Waals surface area contributed by atoms with Crippen LogP contribution in [0.4, 0.5) is 0 Å². The van der Waals surface area contributed by atoms with Crippen LogP contribution in [0.15, 0.2) is 43.0 Å². The molecule has 156 valence electrons. The quantitative estimate of drug-likeness (QED) is 0.323. The molecule has 0 amide bonds. The molecule has 0 aromatic heterocycles. The summed E-state index contributed by atoms with van der Waals surface area (Å²) in [6, 6.07) is 12.0. The summed E-state index contributed by atoms with van der Waals surface area (Å²) in [6.45, 7) is 4.84. The first-order valence-corrected chi connectivity index (χ1v) is 11.8. The zero-order valence-electron chi connectivity index (χ0n) is 17.8. The van der Waals surface area contributed by atoms with Crippen molar-refractivity contribution in [3.8, 4) is 0 Å². The molecule has 2 aliphatic heterocycles. The summed E-state index contributed by atoms with van der Waals surface area (Å²) in [6.07, 6.45) is 19.2. The lowest BCUT2D eigenvalue weighted by Gasteiger charge is -2.52. The van der Waals surface area contributed by atoms with Gasteiger partial charge >= 0.3 is 0 Å². The summed E-state index contributed by atoms with van der Waals surface area (Å²) in [5.74, 6) is 0. The Bertz CT molecular complexity index is 555. The molecule has 0 saturated carbocycles. The molecule has 2 heteroatoms. The molecule has 2 unspecified atom stereocenters. The van der Waals surface area contributed by atoms with Crippen molar-refractivity contribution in [1.82, 2.24) is 4.90 Å². The van der Waals surface area contributed by atoms with Crippen LogP contribution in [0.25, 0.3) is 0 Å². The predicted molar refractivity (Wildman–Crippen MR) is 119 cm³/mol. The Balaban J connectivity index is 1.39. The minimum atomic E-state index is -0.410. The molecule has 2 saturated heterocycles. The van der Waals surface area contributed by atoms with E-state index in [0.29, 0.717) is 12.1 Å². The Morgan fingerprint density at radius 1 is 0.929 bits per heavy atom. The fraction of sp³-hybridized carbons (Fsp3) is 0.692. The summed E-state index contributed by atoms with van der Waals surface area (Å²) >= 11 is 0. The number of nitrogens with zero attached hydrogens (tertiary/aromatic N) is 1. The molecule has 28 heavy (non-hydrogen) atoms. The van der Waals surface area contributed by atoms with Crippen LogP contribution in [0.2, 0.25) is 0 Å². The second-order valence-corrected chi connectivity index (χ2v) is 9.33. The first-order chi connectivity index (χ1) is 13.7. The van der Waals surface area contributed by atoms with Crippen molar-refractivity contribution in [2.24, 2.45) is 0 Å². The first-order valence-electron chi connectivity index (χ1n) is 11.8. The SMILES string of the molecule is C=CCCCCCCCCCC1(O)CC2CCCC(C1)N2Cc1ccccc1. The maximum Gasteiger partial charge on any atom is 0.0677 e. The number of rotatable bonds is 12. The van der Waals surface area contributed by atoms with Crippen LogP contribution in [0.1, 0.15) is 95.5 Å². The largest absolute Gasteiger partial charge is 0.390 e. The Morgan fingerprint density at radius 2 is 1.54 bits per heavy atom. The van der Waals surface area contributed by atoms with Gasteiger partial charge in [0.05, 0.1) is 5.60 Å². The molecule has 1 aromatic rings. The van der Waals surface area contributed by atoms with Crippen LogP contribution in [-0.4, -0.2) is 27.7 Å². The van der Waals surface area contributed by atoms with Gasteiger partial charge in [0.25, 0.3) is 0 Å². The van der Waals surface area contributed by atoms with Gasteiger partial charge in [-0.15, -0.1) is 6.58 Å². The predicted octanol–water partition coefficient (Wildman–Crippen LogP) is 6.63. The van der Waals surface area contributed by atoms with Gasteiger partial charge in [-0.3, -0.25) is 4.90 Å². The van der Waals surface area contributed by atoms with E-state index in [9.17, 15) is 5.11 Å². The number of aliphatic hydroxyl groups is 1. The van der Waals surface area contributed by atoms with Crippen molar-refractivity contribution in [2.75, 3.05) is 0 Å². The van der Waals surface area contributed by atoms with Crippen LogP contribution in [0.5, 0.6) is 0 Å². The molecule has 2 bridgehead atoms. The number of benzene rings is 1. The fourth-order valence-corrected chi connectivity index (χ4v) is 5.50. The minimum absolute atomic E-state index is 0.410. The lowest BCUT2D eigenvalue weighted by atomic mass is 9.73. The number of hydrogen-bond acceptors (Lipinski definition) is 2. The van der Waals surface area contributed by atoms with E-state index in [1.807, 2.05) is 6.08 Å². The lowest BCUT2D eigenvalue weighted by molar-refractivity contribution is -0.0999. The molecule has 1 aromatic carbocycles. The summed E-state index contributed by atoms with van der Waals surface area (Å²) in [4.78, 5) is 2.70. The van der Waals surface area contributed by atoms with E-state index < -0.39 is 5.60 Å². The van der Waals surface area contributed by atoms with Crippen LogP contribution in [-0.2, 0) is 6.54 Å². The van der Waals surface area contributed by atoms with Crippen molar-refractivity contribution in [3.63, 3.8) is 0 Å². The summed E-state index contributed by atoms with van der Waals surface area (Å²) in [5, 5.41) is 11.3. The average molecular weight is 384 g/mol. The standard InChI is InChI=1S/C26H41NO/c1-2-3-4-5-6-7-8-9-13-19-26(28)20-24-17-14-18-25(21-26)27(24)22-23-15-11-10-12-16-23/h2,10-12,15-16,24-25,28H,1,3-9,13-14,17-22H2. The Kier molecular flexibility index (Phi) is 8.61. The smallest absolute Gasteiger partial charge is 0.0677 e. The zero-order chi connectivity index (χ0) is 19.7. The lowest BCUT2D eigenvalue weighted by Crippen LogP contribution is -2.57. The van der Waals surface area contributed by atoms with E-state index in [4.69, 9.17) is 0 Å². The van der Waals surface area contributed by atoms with Gasteiger partial charge in [-0.05, 0) is 50.5 Å². The third kappa shape index (κ3) is 6.46. The molecule has 1 N–H and O–H groups in total. The van der Waals surface area contributed by atoms with Crippen molar-refractivity contribution in [2.45, 2.75) is 114 Å². The van der Waals surface area contributed by atoms with E-state index >= 15 is 0 Å². The van der Waals surface area contributed by atoms with Crippen LogP contribution in [0.3, 0.4) is 0 Å². The van der Waals surface area contributed by atoms with Crippen LogP contribution >= 0.6 is 0 Å². The van der Waals surface area contributed by atoms with Crippen LogP contribution in [0, 0.1) is 0 Å². The number of hydrogen-bond donors (Lipinski definition) is 1. The molecule has 2 aliphatic rings. The van der Waals surface area contributed by atoms with Crippen molar-refractivity contribution >= 4 is 0 Å². The normalized spacial score (nSPS) is 27.6. The highest BCUT2D eigenvalue weighted by molar-refractivity contribution is 5.15. The third-order valence-corrected chi connectivity index (χ3v) is 7.00. The topological polar surface area (TPSA) is 23.5 Å². The van der Waals surface area contributed by atoms with Crippen molar-refractivity contribution in [3.05, 3.63) is 48.6 Å². The van der Waals surface area contributed by atoms with Gasteiger partial charge in [-0.25, -0.2) is 0 Å². The minimum Gasteiger partial charge on any atom is -0.390 e. The van der Waals surface area contributed by atoms with Crippen molar-refractivity contribution in [1.29, 1.82) is 0 Å². The van der Waals surface area contributed by atoms with Gasteiger partial charge in [0.15, 0.2) is 0 Å². The molecule has 3 rings (SSSR count). The van der Waals surface area contributed by atoms with Crippen molar-refractivity contribution < 1.29 is 5.11 Å². The van der Waals surface area contributed by atoms with E-state index in [0.717, 1.165) is 32.2 Å². The number of fused-ring (bicyclic) bond motifs is 2. The van der Waals surface area contributed by atoms with Gasteiger partial charge in [0.1, 0.15) is 0 Å². The highest BCUT2D eigenvalue weighted by Gasteiger charge is 2.44. The highest BCUT2D eigenvalue weighted by atomic mass is 16.3. The fourth-order valence-electron chi connectivity index (χ4n) is 5.50. The summed E-state index contributed by atoms with van der Waals surface area (Å²) in [7, 11) is 0. The average Bonchev–Trinajstić information content (AvgIpc) is 2.68. The second-order valence-electron chi connectivity index (χ2n) is 9.33. The molecule has 2 heterocycles. The monoisotopic (exact) mass is 383 g/mol. The Hall–Kier alpha value is -1.12. The Morgan fingerprint density at radius 3 is 2.18 bits per heavy atom. The van der Waals surface area contributed by atoms with Gasteiger partial charge in [0.2, 0.25) is 0 Å². The van der Waals surface area contributed by atoms with Gasteiger partial charge in [-0.1, -0.05) is 81.4 Å². The van der Waals surface area contributed by atoms with E-state index in [-0.39, 0.29) is 0 Å². The van der Waals surface area contributed by atoms with Crippen LogP contribution < -0.4 is 0 Å². The van der Waals surface area contributed by atoms with E-state index in [1.165, 1.54) is 69.8 Å². The second kappa shape index (κ2) is 11.2. The summed E-state index contributed by atoms with van der Waals surface area (Å²) in [5.41, 5.74) is 1.00. The molecular formula is C26H41NO. The molecule has 2 nitrogen and oxygen atoms in total. The van der Waals surface area contributed by atoms with Gasteiger partial charge in [-0.2, -0.15) is 0 Å². The molecule has 2 atom stereocenters. The van der Waals surface area contributed by atoms with E-state index in [1.54, 1.807) is 0 Å². The molecule has 0 radical (unpaired) electrons. The maximum atomic E-state index is 11.3. The highest BCUT2D eigenvalue weighted by Crippen LogP contribution is 2.42. The number of unbranched alkanes of at least 4 members (excludes halogenated alkanes) is 7. The molecule has 0 spiro atoms. The number of piperidine rings is 2. The summed E-state index contributed by atoms with van der Waals surface area (Å²) < 4.78 is 0.